The average molecular weight is 589 g/mol. The molecule has 3 aromatic heterocycles. The summed E-state index contributed by atoms with van der Waals surface area (Å²) in [5.74, 6) is -1.36. The van der Waals surface area contributed by atoms with E-state index in [2.05, 4.69) is 38.7 Å². The van der Waals surface area contributed by atoms with Gasteiger partial charge in [-0.2, -0.15) is 0 Å². The number of hydrogen-bond donors (Lipinski definition) is 3. The quantitative estimate of drug-likeness (QED) is 0.162. The minimum Gasteiger partial charge on any atom is -0.383 e. The number of fused-ring (bicyclic) bond motifs is 1. The standard InChI is InChI=1S/C28H24F2N6OS.C2H6.C2H4/c1-2-16-9-21(28(37)34-13-17-3-6-22(29)23(30)10-17)27(32-12-16)33-14-19-5-8-25(38-19)18-4-7-24-20(11-18)26(31)36-15-35-24;2*1-2/h3-12,15H,2,13-14H2,1H3,(H,32,33)(H,34,37)(H2,31,35,36);1-2H3;1-2H2. The number of aromatic nitrogens is 3. The van der Waals surface area contributed by atoms with Crippen molar-refractivity contribution in [2.24, 2.45) is 0 Å². The van der Waals surface area contributed by atoms with Gasteiger partial charge in [0.15, 0.2) is 11.6 Å². The molecule has 5 aromatic rings. The molecule has 0 fully saturated rings. The number of nitrogens with one attached hydrogen (secondary N) is 2. The van der Waals surface area contributed by atoms with Crippen LogP contribution in [0.25, 0.3) is 21.3 Å². The van der Waals surface area contributed by atoms with Crippen LogP contribution in [0, 0.1) is 11.6 Å². The molecule has 0 unspecified atom stereocenters. The number of carbonyl (C=O) groups is 1. The van der Waals surface area contributed by atoms with Gasteiger partial charge in [0.2, 0.25) is 0 Å². The van der Waals surface area contributed by atoms with Crippen LogP contribution in [0.4, 0.5) is 20.4 Å². The minimum absolute atomic E-state index is 0.0570. The van der Waals surface area contributed by atoms with Crippen molar-refractivity contribution in [2.45, 2.75) is 40.3 Å². The van der Waals surface area contributed by atoms with Crippen LogP contribution in [0.5, 0.6) is 0 Å². The molecule has 0 bridgehead atoms. The maximum Gasteiger partial charge on any atom is 0.255 e. The molecule has 0 radical (unpaired) electrons. The number of nitrogens with zero attached hydrogens (tertiary/aromatic N) is 3. The summed E-state index contributed by atoms with van der Waals surface area (Å²) >= 11 is 1.61. The van der Waals surface area contributed by atoms with Gasteiger partial charge in [0.05, 0.1) is 17.6 Å². The normalized spacial score (nSPS) is 10.2. The predicted molar refractivity (Wildman–Crippen MR) is 168 cm³/mol. The number of nitrogens with two attached hydrogens (primary N) is 1. The summed E-state index contributed by atoms with van der Waals surface area (Å²) in [6.07, 6.45) is 3.90. The Labute approximate surface area is 248 Å². The highest BCUT2D eigenvalue weighted by molar-refractivity contribution is 7.15. The fourth-order valence-corrected chi connectivity index (χ4v) is 4.92. The molecule has 218 valence electrons. The molecule has 5 rings (SSSR count). The van der Waals surface area contributed by atoms with Gasteiger partial charge in [-0.1, -0.05) is 32.9 Å². The lowest BCUT2D eigenvalue weighted by Crippen LogP contribution is -2.24. The van der Waals surface area contributed by atoms with Gasteiger partial charge in [-0.05, 0) is 65.6 Å². The van der Waals surface area contributed by atoms with Crippen LogP contribution in [0.15, 0.2) is 80.3 Å². The molecule has 3 heterocycles. The largest absolute Gasteiger partial charge is 0.383 e. The number of aryl methyl sites for hydroxylation is 1. The second kappa shape index (κ2) is 15.3. The minimum atomic E-state index is -0.954. The van der Waals surface area contributed by atoms with E-state index in [-0.39, 0.29) is 12.5 Å². The summed E-state index contributed by atoms with van der Waals surface area (Å²) in [4.78, 5) is 27.9. The molecule has 0 aliphatic heterocycles. The molecule has 4 N–H and O–H groups in total. The van der Waals surface area contributed by atoms with Crippen LogP contribution in [0.2, 0.25) is 0 Å². The van der Waals surface area contributed by atoms with Gasteiger partial charge in [0, 0.05) is 27.9 Å². The molecule has 2 aromatic carbocycles. The lowest BCUT2D eigenvalue weighted by molar-refractivity contribution is 0.0951. The second-order valence-electron chi connectivity index (χ2n) is 8.63. The Bertz CT molecular complexity index is 1660. The number of thiophene rings is 1. The molecule has 0 aliphatic rings. The number of amides is 1. The van der Waals surface area contributed by atoms with Crippen molar-refractivity contribution in [1.82, 2.24) is 20.3 Å². The Hall–Kier alpha value is -4.70. The molecule has 0 atom stereocenters. The third-order valence-electron chi connectivity index (χ3n) is 6.08. The third kappa shape index (κ3) is 7.73. The fourth-order valence-electron chi connectivity index (χ4n) is 3.97. The maximum absolute atomic E-state index is 13.5. The molecular formula is C32H34F2N6OS. The van der Waals surface area contributed by atoms with Gasteiger partial charge in [0.25, 0.3) is 5.91 Å². The van der Waals surface area contributed by atoms with Crippen molar-refractivity contribution in [3.05, 3.63) is 113 Å². The Morgan fingerprint density at radius 3 is 2.45 bits per heavy atom. The van der Waals surface area contributed by atoms with Gasteiger partial charge in [0.1, 0.15) is 18.0 Å². The summed E-state index contributed by atoms with van der Waals surface area (Å²) in [6, 6.07) is 15.3. The summed E-state index contributed by atoms with van der Waals surface area (Å²) in [7, 11) is 0. The highest BCUT2D eigenvalue weighted by atomic mass is 32.1. The van der Waals surface area contributed by atoms with E-state index in [0.717, 1.165) is 43.9 Å². The first-order valence-electron chi connectivity index (χ1n) is 13.5. The highest BCUT2D eigenvalue weighted by Crippen LogP contribution is 2.31. The monoisotopic (exact) mass is 588 g/mol. The number of rotatable bonds is 8. The van der Waals surface area contributed by atoms with Crippen LogP contribution in [0.3, 0.4) is 0 Å². The lowest BCUT2D eigenvalue weighted by atomic mass is 10.1. The Morgan fingerprint density at radius 2 is 1.71 bits per heavy atom. The van der Waals surface area contributed by atoms with E-state index in [1.165, 1.54) is 12.4 Å². The first kappa shape index (κ1) is 31.8. The van der Waals surface area contributed by atoms with Crippen LogP contribution >= 0.6 is 11.3 Å². The number of halogens is 2. The summed E-state index contributed by atoms with van der Waals surface area (Å²) < 4.78 is 26.7. The van der Waals surface area contributed by atoms with Gasteiger partial charge in [-0.3, -0.25) is 4.79 Å². The third-order valence-corrected chi connectivity index (χ3v) is 7.21. The van der Waals surface area contributed by atoms with Crippen LogP contribution < -0.4 is 16.4 Å². The molecule has 7 nitrogen and oxygen atoms in total. The average Bonchev–Trinajstić information content (AvgIpc) is 3.51. The second-order valence-corrected chi connectivity index (χ2v) is 9.80. The van der Waals surface area contributed by atoms with Crippen molar-refractivity contribution < 1.29 is 13.6 Å². The van der Waals surface area contributed by atoms with E-state index in [9.17, 15) is 13.6 Å². The number of anilines is 2. The summed E-state index contributed by atoms with van der Waals surface area (Å²) in [6.45, 7) is 12.5. The summed E-state index contributed by atoms with van der Waals surface area (Å²) in [5.41, 5.74) is 9.57. The smallest absolute Gasteiger partial charge is 0.255 e. The molecule has 0 saturated carbocycles. The number of nitrogen functional groups attached to an aromatic ring is 1. The van der Waals surface area contributed by atoms with E-state index >= 15 is 0 Å². The first-order valence-corrected chi connectivity index (χ1v) is 14.3. The van der Waals surface area contributed by atoms with Crippen LogP contribution in [0.1, 0.15) is 47.1 Å². The van der Waals surface area contributed by atoms with Gasteiger partial charge >= 0.3 is 0 Å². The van der Waals surface area contributed by atoms with Gasteiger partial charge in [-0.25, -0.2) is 23.7 Å². The maximum atomic E-state index is 13.5. The number of benzene rings is 2. The van der Waals surface area contributed by atoms with Crippen molar-refractivity contribution in [3.8, 4) is 10.4 Å². The predicted octanol–water partition coefficient (Wildman–Crippen LogP) is 7.55. The van der Waals surface area contributed by atoms with E-state index in [1.807, 2.05) is 51.1 Å². The molecule has 0 aliphatic carbocycles. The Morgan fingerprint density at radius 1 is 0.929 bits per heavy atom. The zero-order valence-corrected chi connectivity index (χ0v) is 24.7. The lowest BCUT2D eigenvalue weighted by Gasteiger charge is -2.12. The van der Waals surface area contributed by atoms with E-state index in [4.69, 9.17) is 5.73 Å². The van der Waals surface area contributed by atoms with Crippen LogP contribution in [-0.4, -0.2) is 20.9 Å². The first-order chi connectivity index (χ1) is 20.4. The van der Waals surface area contributed by atoms with Crippen LogP contribution in [-0.2, 0) is 19.5 Å². The van der Waals surface area contributed by atoms with E-state index < -0.39 is 11.6 Å². The van der Waals surface area contributed by atoms with E-state index in [1.54, 1.807) is 23.6 Å². The number of carbonyl (C=O) groups excluding carboxylic acids is 1. The van der Waals surface area contributed by atoms with E-state index in [0.29, 0.717) is 35.7 Å². The van der Waals surface area contributed by atoms with Crippen molar-refractivity contribution in [1.29, 1.82) is 0 Å². The number of hydrogen-bond acceptors (Lipinski definition) is 7. The number of pyridine rings is 1. The zero-order valence-electron chi connectivity index (χ0n) is 23.9. The molecule has 0 saturated heterocycles. The molecular weight excluding hydrogens is 554 g/mol. The Balaban J connectivity index is 0.00000116. The van der Waals surface area contributed by atoms with Crippen molar-refractivity contribution in [3.63, 3.8) is 0 Å². The zero-order chi connectivity index (χ0) is 30.6. The van der Waals surface area contributed by atoms with Gasteiger partial charge in [-0.15, -0.1) is 24.5 Å². The molecule has 10 heteroatoms. The molecule has 42 heavy (non-hydrogen) atoms. The SMILES string of the molecule is C=C.CC.CCc1cnc(NCc2ccc(-c3ccc4ncnc(N)c4c3)s2)c(C(=O)NCc2ccc(F)c(F)c2)c1. The highest BCUT2D eigenvalue weighted by Gasteiger charge is 2.15. The topological polar surface area (TPSA) is 106 Å². The molecule has 0 spiro atoms. The Kier molecular flexibility index (Phi) is 11.6. The van der Waals surface area contributed by atoms with Gasteiger partial charge < -0.3 is 16.4 Å². The van der Waals surface area contributed by atoms with Crippen molar-refractivity contribution in [2.75, 3.05) is 11.1 Å². The molecule has 1 amide bonds. The summed E-state index contributed by atoms with van der Waals surface area (Å²) in [5, 5.41) is 6.84. The fraction of sp³-hybridized carbons (Fsp3) is 0.188. The van der Waals surface area contributed by atoms with Crippen molar-refractivity contribution >= 4 is 39.8 Å².